The van der Waals surface area contributed by atoms with Crippen molar-refractivity contribution < 1.29 is 9.53 Å². The molecule has 4 heteroatoms. The number of nitrogens with zero attached hydrogens (tertiary/aromatic N) is 1. The molecule has 0 unspecified atom stereocenters. The van der Waals surface area contributed by atoms with Crippen LogP contribution in [0.1, 0.15) is 26.3 Å². The minimum absolute atomic E-state index is 0.102. The minimum atomic E-state index is 0.102. The summed E-state index contributed by atoms with van der Waals surface area (Å²) in [4.78, 5) is 13.4. The number of ether oxygens (including phenoxy) is 1. The lowest BCUT2D eigenvalue weighted by molar-refractivity contribution is -0.116. The predicted molar refractivity (Wildman–Crippen MR) is 93.7 cm³/mol. The van der Waals surface area contributed by atoms with Crippen molar-refractivity contribution in [3.8, 4) is 5.75 Å². The second-order valence-corrected chi connectivity index (χ2v) is 6.08. The monoisotopic (exact) mass is 310 g/mol. The Morgan fingerprint density at radius 3 is 2.48 bits per heavy atom. The van der Waals surface area contributed by atoms with Gasteiger partial charge in [0, 0.05) is 30.5 Å². The summed E-state index contributed by atoms with van der Waals surface area (Å²) in [6, 6.07) is 14.1. The Hall–Kier alpha value is -2.49. The molecule has 1 N–H and O–H groups in total. The first-order chi connectivity index (χ1) is 11.0. The summed E-state index contributed by atoms with van der Waals surface area (Å²) >= 11 is 0. The van der Waals surface area contributed by atoms with Crippen LogP contribution in [-0.2, 0) is 11.2 Å². The molecule has 2 aromatic carbocycles. The number of carbonyl (C=O) groups is 1. The molecule has 1 amide bonds. The predicted octanol–water partition coefficient (Wildman–Crippen LogP) is 4.13. The third-order valence-electron chi connectivity index (χ3n) is 3.87. The van der Waals surface area contributed by atoms with E-state index < -0.39 is 0 Å². The van der Waals surface area contributed by atoms with E-state index >= 15 is 0 Å². The first-order valence-corrected chi connectivity index (χ1v) is 7.98. The first-order valence-electron chi connectivity index (χ1n) is 7.98. The van der Waals surface area contributed by atoms with Gasteiger partial charge < -0.3 is 15.0 Å². The van der Waals surface area contributed by atoms with E-state index in [9.17, 15) is 4.79 Å². The van der Waals surface area contributed by atoms with Crippen molar-refractivity contribution >= 4 is 23.0 Å². The van der Waals surface area contributed by atoms with Crippen LogP contribution < -0.4 is 15.0 Å². The fraction of sp³-hybridized carbons (Fsp3) is 0.316. The van der Waals surface area contributed by atoms with Crippen LogP contribution in [0.4, 0.5) is 17.1 Å². The van der Waals surface area contributed by atoms with Crippen LogP contribution in [0.5, 0.6) is 5.75 Å². The van der Waals surface area contributed by atoms with Gasteiger partial charge in [-0.15, -0.1) is 0 Å². The number of fused-ring (bicyclic) bond motifs is 1. The summed E-state index contributed by atoms with van der Waals surface area (Å²) in [5, 5.41) is 3.40. The zero-order valence-corrected chi connectivity index (χ0v) is 13.8. The standard InChI is InChI=1S/C19H22N2O2/c1-13(2)23-18-7-4-16(5-8-18)20-17-6-9-19-15(12-17)10-11-21(19)14(3)22/h4-9,12-13,20H,10-11H2,1-3H3. The van der Waals surface area contributed by atoms with Crippen LogP contribution in [0.25, 0.3) is 0 Å². The molecule has 4 nitrogen and oxygen atoms in total. The molecule has 0 atom stereocenters. The highest BCUT2D eigenvalue weighted by molar-refractivity contribution is 5.94. The van der Waals surface area contributed by atoms with Gasteiger partial charge in [-0.25, -0.2) is 0 Å². The van der Waals surface area contributed by atoms with E-state index in [-0.39, 0.29) is 12.0 Å². The van der Waals surface area contributed by atoms with Gasteiger partial charge in [0.15, 0.2) is 0 Å². The van der Waals surface area contributed by atoms with Crippen LogP contribution in [0.15, 0.2) is 42.5 Å². The Morgan fingerprint density at radius 2 is 1.83 bits per heavy atom. The average Bonchev–Trinajstić information content (AvgIpc) is 2.92. The van der Waals surface area contributed by atoms with Gasteiger partial charge in [0.05, 0.1) is 6.10 Å². The molecule has 3 rings (SSSR count). The van der Waals surface area contributed by atoms with Crippen LogP contribution in [0.2, 0.25) is 0 Å². The maximum absolute atomic E-state index is 11.6. The highest BCUT2D eigenvalue weighted by Gasteiger charge is 2.21. The van der Waals surface area contributed by atoms with Crippen molar-refractivity contribution in [2.24, 2.45) is 0 Å². The summed E-state index contributed by atoms with van der Waals surface area (Å²) in [5.41, 5.74) is 4.29. The molecule has 0 fully saturated rings. The molecule has 0 bridgehead atoms. The Kier molecular flexibility index (Phi) is 4.24. The molecule has 2 aromatic rings. The second kappa shape index (κ2) is 6.32. The average molecular weight is 310 g/mol. The number of nitrogens with one attached hydrogen (secondary N) is 1. The van der Waals surface area contributed by atoms with E-state index in [1.165, 1.54) is 5.56 Å². The summed E-state index contributed by atoms with van der Waals surface area (Å²) in [6.45, 7) is 6.42. The number of hydrogen-bond acceptors (Lipinski definition) is 3. The lowest BCUT2D eigenvalue weighted by Gasteiger charge is -2.15. The minimum Gasteiger partial charge on any atom is -0.491 e. The molecular formula is C19H22N2O2. The molecule has 0 spiro atoms. The van der Waals surface area contributed by atoms with Gasteiger partial charge in [0.25, 0.3) is 0 Å². The molecule has 0 aliphatic carbocycles. The Morgan fingerprint density at radius 1 is 1.13 bits per heavy atom. The molecule has 0 aromatic heterocycles. The number of amides is 1. The molecule has 1 heterocycles. The fourth-order valence-electron chi connectivity index (χ4n) is 2.86. The van der Waals surface area contributed by atoms with Crippen molar-refractivity contribution in [2.75, 3.05) is 16.8 Å². The Balaban J connectivity index is 1.73. The molecule has 0 saturated heterocycles. The second-order valence-electron chi connectivity index (χ2n) is 6.08. The van der Waals surface area contributed by atoms with Crippen molar-refractivity contribution in [3.05, 3.63) is 48.0 Å². The molecule has 1 aliphatic heterocycles. The summed E-state index contributed by atoms with van der Waals surface area (Å²) in [5.74, 6) is 0.974. The maximum atomic E-state index is 11.6. The van der Waals surface area contributed by atoms with E-state index in [0.29, 0.717) is 0 Å². The Labute approximate surface area is 137 Å². The normalized spacial score (nSPS) is 13.1. The van der Waals surface area contributed by atoms with Crippen LogP contribution in [-0.4, -0.2) is 18.6 Å². The topological polar surface area (TPSA) is 41.6 Å². The van der Waals surface area contributed by atoms with Crippen LogP contribution >= 0.6 is 0 Å². The largest absolute Gasteiger partial charge is 0.491 e. The van der Waals surface area contributed by atoms with E-state index in [1.54, 1.807) is 6.92 Å². The Bertz CT molecular complexity index is 708. The van der Waals surface area contributed by atoms with Crippen molar-refractivity contribution in [1.29, 1.82) is 0 Å². The zero-order valence-electron chi connectivity index (χ0n) is 13.8. The van der Waals surface area contributed by atoms with Gasteiger partial charge in [0.2, 0.25) is 5.91 Å². The van der Waals surface area contributed by atoms with Gasteiger partial charge in [-0.3, -0.25) is 4.79 Å². The summed E-state index contributed by atoms with van der Waals surface area (Å²) < 4.78 is 5.65. The van der Waals surface area contributed by atoms with E-state index in [0.717, 1.165) is 35.8 Å². The number of hydrogen-bond donors (Lipinski definition) is 1. The lowest BCUT2D eigenvalue weighted by atomic mass is 10.1. The van der Waals surface area contributed by atoms with Gasteiger partial charge in [-0.05, 0) is 68.3 Å². The summed E-state index contributed by atoms with van der Waals surface area (Å²) in [6.07, 6.45) is 1.08. The van der Waals surface area contributed by atoms with Gasteiger partial charge in [0.1, 0.15) is 5.75 Å². The van der Waals surface area contributed by atoms with E-state index in [2.05, 4.69) is 11.4 Å². The third-order valence-corrected chi connectivity index (χ3v) is 3.87. The maximum Gasteiger partial charge on any atom is 0.223 e. The highest BCUT2D eigenvalue weighted by Crippen LogP contribution is 2.31. The molecule has 23 heavy (non-hydrogen) atoms. The van der Waals surface area contributed by atoms with Crippen molar-refractivity contribution in [2.45, 2.75) is 33.3 Å². The smallest absolute Gasteiger partial charge is 0.223 e. The first kappa shape index (κ1) is 15.4. The third kappa shape index (κ3) is 3.47. The lowest BCUT2D eigenvalue weighted by Crippen LogP contribution is -2.25. The van der Waals surface area contributed by atoms with Crippen molar-refractivity contribution in [3.63, 3.8) is 0 Å². The fourth-order valence-corrected chi connectivity index (χ4v) is 2.86. The number of benzene rings is 2. The summed E-state index contributed by atoms with van der Waals surface area (Å²) in [7, 11) is 0. The molecular weight excluding hydrogens is 288 g/mol. The van der Waals surface area contributed by atoms with E-state index in [1.807, 2.05) is 55.1 Å². The van der Waals surface area contributed by atoms with Gasteiger partial charge in [-0.2, -0.15) is 0 Å². The van der Waals surface area contributed by atoms with E-state index in [4.69, 9.17) is 4.74 Å². The zero-order chi connectivity index (χ0) is 16.4. The molecule has 120 valence electrons. The number of anilines is 3. The quantitative estimate of drug-likeness (QED) is 0.923. The highest BCUT2D eigenvalue weighted by atomic mass is 16.5. The SMILES string of the molecule is CC(=O)N1CCc2cc(Nc3ccc(OC(C)C)cc3)ccc21. The van der Waals surface area contributed by atoms with Gasteiger partial charge in [-0.1, -0.05) is 0 Å². The number of carbonyl (C=O) groups excluding carboxylic acids is 1. The van der Waals surface area contributed by atoms with Crippen LogP contribution in [0, 0.1) is 0 Å². The van der Waals surface area contributed by atoms with Crippen molar-refractivity contribution in [1.82, 2.24) is 0 Å². The van der Waals surface area contributed by atoms with Crippen LogP contribution in [0.3, 0.4) is 0 Å². The molecule has 0 radical (unpaired) electrons. The molecule has 0 saturated carbocycles. The van der Waals surface area contributed by atoms with Gasteiger partial charge >= 0.3 is 0 Å². The number of rotatable bonds is 4. The molecule has 1 aliphatic rings.